The van der Waals surface area contributed by atoms with Gasteiger partial charge < -0.3 is 23.8 Å². The van der Waals surface area contributed by atoms with Crippen molar-refractivity contribution in [3.8, 4) is 0 Å². The highest BCUT2D eigenvalue weighted by molar-refractivity contribution is 6.76. The molecule has 1 N–H and O–H groups in total. The number of rotatable bonds is 11. The number of carbonyl (C=O) groups is 1. The first-order valence-corrected chi connectivity index (χ1v) is 19.3. The fourth-order valence-electron chi connectivity index (χ4n) is 3.75. The third kappa shape index (κ3) is 7.45. The van der Waals surface area contributed by atoms with Gasteiger partial charge in [-0.05, 0) is 37.0 Å². The number of ether oxygens (including phenoxy) is 2. The summed E-state index contributed by atoms with van der Waals surface area (Å²) < 4.78 is 20.3. The van der Waals surface area contributed by atoms with Crippen LogP contribution >= 0.6 is 0 Å². The minimum atomic E-state index is -1.78. The number of nitrogens with one attached hydrogen (secondary N) is 1. The van der Waals surface area contributed by atoms with Crippen LogP contribution in [0.3, 0.4) is 0 Å². The molecule has 196 valence electrons. The van der Waals surface area contributed by atoms with Crippen molar-refractivity contribution >= 4 is 39.5 Å². The highest BCUT2D eigenvalue weighted by Crippen LogP contribution is 2.37. The number of aldehydes is 1. The molecule has 1 aliphatic rings. The second-order valence-corrected chi connectivity index (χ2v) is 22.8. The fourth-order valence-corrected chi connectivity index (χ4v) is 5.55. The van der Waals surface area contributed by atoms with Crippen molar-refractivity contribution in [1.82, 2.24) is 14.5 Å². The topological polar surface area (TPSA) is 87.5 Å². The van der Waals surface area contributed by atoms with Gasteiger partial charge in [-0.2, -0.15) is 0 Å². The van der Waals surface area contributed by atoms with Crippen LogP contribution in [0, 0.1) is 0 Å². The molecule has 3 rings (SSSR count). The summed E-state index contributed by atoms with van der Waals surface area (Å²) in [4.78, 5) is 20.7. The van der Waals surface area contributed by atoms with E-state index in [1.165, 1.54) is 6.33 Å². The quantitative estimate of drug-likeness (QED) is 0.236. The van der Waals surface area contributed by atoms with E-state index in [0.717, 1.165) is 30.6 Å². The third-order valence-corrected chi connectivity index (χ3v) is 13.4. The molecule has 0 spiro atoms. The Morgan fingerprint density at radius 3 is 2.54 bits per heavy atom. The Morgan fingerprint density at radius 2 is 1.94 bits per heavy atom. The summed E-state index contributed by atoms with van der Waals surface area (Å²) in [6.45, 7) is 20.6. The summed E-state index contributed by atoms with van der Waals surface area (Å²) in [6.07, 6.45) is 6.20. The van der Waals surface area contributed by atoms with Gasteiger partial charge in [-0.25, -0.2) is 9.97 Å². The standard InChI is InChI=1S/C25H44N4O4Si2/c1-25(2,3)35(7,8)33-16-21-10-9-20(15-32-21)28-23-22-19(14-30)13-29(24(22)27-17-26-23)18-31-11-12-34(4,5)6/h13-14,17,20-21H,9-12,15-16,18H2,1-8H3,(H,26,27,28)/t20-,21+/m1/s1. The van der Waals surface area contributed by atoms with Crippen molar-refractivity contribution in [2.75, 3.05) is 25.1 Å². The van der Waals surface area contributed by atoms with Gasteiger partial charge in [0.2, 0.25) is 0 Å². The number of carbonyl (C=O) groups excluding carboxylic acids is 1. The monoisotopic (exact) mass is 520 g/mol. The molecule has 1 aliphatic heterocycles. The zero-order valence-electron chi connectivity index (χ0n) is 22.8. The Morgan fingerprint density at radius 1 is 1.20 bits per heavy atom. The van der Waals surface area contributed by atoms with Crippen LogP contribution in [0.4, 0.5) is 5.82 Å². The van der Waals surface area contributed by atoms with Gasteiger partial charge in [-0.3, -0.25) is 4.79 Å². The highest BCUT2D eigenvalue weighted by atomic mass is 28.4. The molecule has 1 fully saturated rings. The highest BCUT2D eigenvalue weighted by Gasteiger charge is 2.38. The maximum Gasteiger partial charge on any atom is 0.192 e. The van der Waals surface area contributed by atoms with Gasteiger partial charge >= 0.3 is 0 Å². The molecule has 1 saturated heterocycles. The van der Waals surface area contributed by atoms with Crippen LogP contribution < -0.4 is 5.32 Å². The number of nitrogens with zero attached hydrogens (tertiary/aromatic N) is 3. The predicted molar refractivity (Wildman–Crippen MR) is 147 cm³/mol. The fraction of sp³-hybridized carbons (Fsp3) is 0.720. The molecule has 0 aromatic carbocycles. The first-order chi connectivity index (χ1) is 16.3. The largest absolute Gasteiger partial charge is 0.414 e. The van der Waals surface area contributed by atoms with Crippen LogP contribution in [0.5, 0.6) is 0 Å². The average Bonchev–Trinajstić information content (AvgIpc) is 3.14. The smallest absolute Gasteiger partial charge is 0.192 e. The molecule has 3 heterocycles. The number of anilines is 1. The minimum absolute atomic E-state index is 0.118. The van der Waals surface area contributed by atoms with Crippen molar-refractivity contribution in [3.63, 3.8) is 0 Å². The average molecular weight is 521 g/mol. The lowest BCUT2D eigenvalue weighted by Gasteiger charge is -2.38. The summed E-state index contributed by atoms with van der Waals surface area (Å²) in [5.41, 5.74) is 1.27. The molecule has 0 aliphatic carbocycles. The number of hydrogen-bond acceptors (Lipinski definition) is 7. The van der Waals surface area contributed by atoms with Crippen molar-refractivity contribution in [3.05, 3.63) is 18.1 Å². The van der Waals surface area contributed by atoms with Crippen LogP contribution in [-0.4, -0.2) is 69.2 Å². The zero-order valence-corrected chi connectivity index (χ0v) is 24.8. The van der Waals surface area contributed by atoms with Gasteiger partial charge in [0, 0.05) is 26.4 Å². The van der Waals surface area contributed by atoms with Crippen molar-refractivity contribution in [2.45, 2.75) is 96.3 Å². The van der Waals surface area contributed by atoms with Gasteiger partial charge in [0.05, 0.1) is 30.7 Å². The first kappa shape index (κ1) is 28.0. The Balaban J connectivity index is 1.61. The molecule has 0 unspecified atom stereocenters. The second kappa shape index (κ2) is 11.2. The van der Waals surface area contributed by atoms with Crippen molar-refractivity contribution in [2.24, 2.45) is 0 Å². The summed E-state index contributed by atoms with van der Waals surface area (Å²) in [5.74, 6) is 0.669. The van der Waals surface area contributed by atoms with Crippen molar-refractivity contribution in [1.29, 1.82) is 0 Å². The third-order valence-electron chi connectivity index (χ3n) is 7.18. The lowest BCUT2D eigenvalue weighted by Crippen LogP contribution is -2.44. The van der Waals surface area contributed by atoms with Crippen LogP contribution in [-0.2, 0) is 20.6 Å². The molecule has 2 atom stereocenters. The van der Waals surface area contributed by atoms with Gasteiger partial charge in [0.1, 0.15) is 24.5 Å². The van der Waals surface area contributed by atoms with E-state index in [1.807, 2.05) is 4.57 Å². The summed E-state index contributed by atoms with van der Waals surface area (Å²) in [5, 5.41) is 4.43. The van der Waals surface area contributed by atoms with E-state index in [1.54, 1.807) is 6.20 Å². The predicted octanol–water partition coefficient (Wildman–Crippen LogP) is 5.54. The molecule has 0 bridgehead atoms. The summed E-state index contributed by atoms with van der Waals surface area (Å²) in [6, 6.07) is 1.21. The maximum absolute atomic E-state index is 11.8. The lowest BCUT2D eigenvalue weighted by atomic mass is 10.1. The molecule has 2 aromatic heterocycles. The van der Waals surface area contributed by atoms with E-state index in [4.69, 9.17) is 13.9 Å². The van der Waals surface area contributed by atoms with E-state index in [0.29, 0.717) is 43.6 Å². The maximum atomic E-state index is 11.8. The Labute approximate surface area is 212 Å². The summed E-state index contributed by atoms with van der Waals surface area (Å²) >= 11 is 0. The van der Waals surface area contributed by atoms with Gasteiger partial charge in [0.15, 0.2) is 14.6 Å². The van der Waals surface area contributed by atoms with Crippen LogP contribution in [0.1, 0.15) is 44.0 Å². The lowest BCUT2D eigenvalue weighted by molar-refractivity contribution is -0.0193. The Hall–Kier alpha value is -1.60. The molecule has 2 aromatic rings. The van der Waals surface area contributed by atoms with E-state index in [9.17, 15) is 4.79 Å². The molecular formula is C25H44N4O4Si2. The molecule has 8 nitrogen and oxygen atoms in total. The second-order valence-electron chi connectivity index (χ2n) is 12.4. The molecule has 0 saturated carbocycles. The van der Waals surface area contributed by atoms with E-state index < -0.39 is 16.4 Å². The van der Waals surface area contributed by atoms with Gasteiger partial charge in [0.25, 0.3) is 0 Å². The Bertz CT molecular complexity index is 990. The van der Waals surface area contributed by atoms with E-state index in [-0.39, 0.29) is 17.2 Å². The number of fused-ring (bicyclic) bond motifs is 1. The number of hydrogen-bond donors (Lipinski definition) is 1. The van der Waals surface area contributed by atoms with Crippen LogP contribution in [0.25, 0.3) is 11.0 Å². The summed E-state index contributed by atoms with van der Waals surface area (Å²) in [7, 11) is -2.94. The zero-order chi connectivity index (χ0) is 25.9. The molecule has 0 amide bonds. The van der Waals surface area contributed by atoms with Crippen molar-refractivity contribution < 1.29 is 18.7 Å². The van der Waals surface area contributed by atoms with Crippen LogP contribution in [0.2, 0.25) is 43.8 Å². The number of aromatic nitrogens is 3. The molecule has 0 radical (unpaired) electrons. The van der Waals surface area contributed by atoms with E-state index >= 15 is 0 Å². The normalized spacial score (nSPS) is 19.8. The van der Waals surface area contributed by atoms with E-state index in [2.05, 4.69) is 68.8 Å². The van der Waals surface area contributed by atoms with Gasteiger partial charge in [-0.1, -0.05) is 40.4 Å². The molecule has 10 heteroatoms. The minimum Gasteiger partial charge on any atom is -0.414 e. The van der Waals surface area contributed by atoms with Gasteiger partial charge in [-0.15, -0.1) is 0 Å². The SMILES string of the molecule is CC(C)(C)[Si](C)(C)OC[C@@H]1CC[C@@H](Nc2ncnc3c2c(C=O)cn3COCC[Si](C)(C)C)CO1. The Kier molecular flexibility index (Phi) is 8.96. The van der Waals surface area contributed by atoms with Crippen LogP contribution in [0.15, 0.2) is 12.5 Å². The first-order valence-electron chi connectivity index (χ1n) is 12.7. The molecule has 35 heavy (non-hydrogen) atoms. The molecular weight excluding hydrogens is 476 g/mol.